The van der Waals surface area contributed by atoms with Gasteiger partial charge in [-0.25, -0.2) is 9.36 Å². The zero-order chi connectivity index (χ0) is 15.7. The maximum Gasteiger partial charge on any atom is 0.337 e. The van der Waals surface area contributed by atoms with Crippen LogP contribution in [0.4, 0.5) is 5.82 Å². The maximum absolute atomic E-state index is 12.7. The third-order valence-corrected chi connectivity index (χ3v) is 3.47. The molecule has 0 unspecified atom stereocenters. The van der Waals surface area contributed by atoms with Crippen LogP contribution in [0.5, 0.6) is 0 Å². The Morgan fingerprint density at radius 1 is 1.14 bits per heavy atom. The number of anilines is 1. The van der Waals surface area contributed by atoms with Gasteiger partial charge < -0.3 is 10.2 Å². The first-order chi connectivity index (χ1) is 10.6. The van der Waals surface area contributed by atoms with Gasteiger partial charge in [-0.05, 0) is 30.7 Å². The first-order valence-electron chi connectivity index (χ1n) is 6.78. The van der Waals surface area contributed by atoms with Crippen LogP contribution < -0.4 is 17.0 Å². The van der Waals surface area contributed by atoms with Gasteiger partial charge in [-0.15, -0.1) is 0 Å². The normalized spacial score (nSPS) is 10.8. The molecule has 0 atom stereocenters. The lowest BCUT2D eigenvalue weighted by molar-refractivity contribution is 0.481. The lowest BCUT2D eigenvalue weighted by Gasteiger charge is -2.14. The molecule has 6 nitrogen and oxygen atoms in total. The average molecular weight is 297 g/mol. The Labute approximate surface area is 126 Å². The fourth-order valence-electron chi connectivity index (χ4n) is 2.35. The van der Waals surface area contributed by atoms with E-state index in [2.05, 4.69) is 0 Å². The minimum atomic E-state index is -0.490. The quantitative estimate of drug-likeness (QED) is 0.794. The molecule has 22 heavy (non-hydrogen) atoms. The van der Waals surface area contributed by atoms with Gasteiger partial charge in [-0.2, -0.15) is 0 Å². The molecule has 0 aliphatic heterocycles. The Morgan fingerprint density at radius 2 is 1.91 bits per heavy atom. The summed E-state index contributed by atoms with van der Waals surface area (Å²) in [5.74, 6) is 0.639. The Hall–Kier alpha value is -3.02. The predicted molar refractivity (Wildman–Crippen MR) is 83.3 cm³/mol. The van der Waals surface area contributed by atoms with Crippen molar-refractivity contribution in [2.45, 2.75) is 13.5 Å². The number of para-hydroxylation sites is 1. The monoisotopic (exact) mass is 297 g/mol. The molecule has 0 bridgehead atoms. The number of aryl methyl sites for hydroxylation is 1. The molecular weight excluding hydrogens is 282 g/mol. The van der Waals surface area contributed by atoms with Crippen molar-refractivity contribution in [1.82, 2.24) is 9.13 Å². The van der Waals surface area contributed by atoms with Crippen LogP contribution in [-0.4, -0.2) is 9.13 Å². The summed E-state index contributed by atoms with van der Waals surface area (Å²) in [5.41, 5.74) is 6.49. The van der Waals surface area contributed by atoms with E-state index >= 15 is 0 Å². The van der Waals surface area contributed by atoms with Gasteiger partial charge in [0.2, 0.25) is 0 Å². The molecule has 0 aliphatic carbocycles. The highest BCUT2D eigenvalue weighted by Gasteiger charge is 2.13. The molecule has 0 amide bonds. The van der Waals surface area contributed by atoms with Crippen molar-refractivity contribution in [3.63, 3.8) is 0 Å². The van der Waals surface area contributed by atoms with Gasteiger partial charge in [0.1, 0.15) is 11.6 Å². The van der Waals surface area contributed by atoms with Crippen LogP contribution in [0, 0.1) is 6.92 Å². The third-order valence-electron chi connectivity index (χ3n) is 3.47. The van der Waals surface area contributed by atoms with Crippen molar-refractivity contribution in [1.29, 1.82) is 0 Å². The summed E-state index contributed by atoms with van der Waals surface area (Å²) >= 11 is 0. The molecule has 3 rings (SSSR count). The predicted octanol–water partition coefficient (Wildman–Crippen LogP) is 1.53. The van der Waals surface area contributed by atoms with E-state index in [1.54, 1.807) is 18.2 Å². The second kappa shape index (κ2) is 5.40. The molecule has 1 aromatic carbocycles. The lowest BCUT2D eigenvalue weighted by Crippen LogP contribution is -2.40. The van der Waals surface area contributed by atoms with Gasteiger partial charge in [-0.1, -0.05) is 18.2 Å². The highest BCUT2D eigenvalue weighted by atomic mass is 16.3. The number of hydrogen-bond donors (Lipinski definition) is 1. The highest BCUT2D eigenvalue weighted by molar-refractivity contribution is 5.46. The number of nitrogens with zero attached hydrogens (tertiary/aromatic N) is 2. The van der Waals surface area contributed by atoms with E-state index in [1.165, 1.54) is 16.9 Å². The third kappa shape index (κ3) is 2.35. The fourth-order valence-corrected chi connectivity index (χ4v) is 2.35. The van der Waals surface area contributed by atoms with Crippen molar-refractivity contribution in [2.24, 2.45) is 0 Å². The largest absolute Gasteiger partial charge is 0.467 e. The molecule has 0 saturated carbocycles. The van der Waals surface area contributed by atoms with Gasteiger partial charge in [0, 0.05) is 6.07 Å². The van der Waals surface area contributed by atoms with E-state index < -0.39 is 11.2 Å². The second-order valence-electron chi connectivity index (χ2n) is 4.98. The van der Waals surface area contributed by atoms with Crippen LogP contribution in [0.25, 0.3) is 5.69 Å². The number of hydrogen-bond acceptors (Lipinski definition) is 4. The zero-order valence-corrected chi connectivity index (χ0v) is 12.0. The van der Waals surface area contributed by atoms with Gasteiger partial charge in [0.05, 0.1) is 18.5 Å². The molecule has 0 fully saturated rings. The minimum absolute atomic E-state index is 0.0663. The standard InChI is InChI=1S/C16H15N3O3/c1-11-5-2-3-7-13(11)19-14(17)9-15(20)18(16(19)21)10-12-6-4-8-22-12/h2-9H,10,17H2,1H3. The van der Waals surface area contributed by atoms with Crippen molar-refractivity contribution in [2.75, 3.05) is 5.73 Å². The molecule has 0 spiro atoms. The first kappa shape index (κ1) is 13.9. The van der Waals surface area contributed by atoms with Gasteiger partial charge in [-0.3, -0.25) is 9.36 Å². The molecule has 2 N–H and O–H groups in total. The van der Waals surface area contributed by atoms with Crippen LogP contribution in [0.15, 0.2) is 62.7 Å². The number of rotatable bonds is 3. The number of aromatic nitrogens is 2. The molecule has 0 saturated heterocycles. The molecule has 6 heteroatoms. The van der Waals surface area contributed by atoms with Gasteiger partial charge >= 0.3 is 5.69 Å². The van der Waals surface area contributed by atoms with E-state index in [-0.39, 0.29) is 12.4 Å². The van der Waals surface area contributed by atoms with Crippen LogP contribution in [0.2, 0.25) is 0 Å². The summed E-state index contributed by atoms with van der Waals surface area (Å²) in [5, 5.41) is 0. The number of nitrogens with two attached hydrogens (primary N) is 1. The molecular formula is C16H15N3O3. The van der Waals surface area contributed by atoms with Crippen molar-refractivity contribution in [3.8, 4) is 5.69 Å². The molecule has 0 aliphatic rings. The summed E-state index contributed by atoms with van der Waals surface area (Å²) in [7, 11) is 0. The van der Waals surface area contributed by atoms with Crippen LogP contribution >= 0.6 is 0 Å². The summed E-state index contributed by atoms with van der Waals surface area (Å²) in [6, 6.07) is 12.0. The summed E-state index contributed by atoms with van der Waals surface area (Å²) < 4.78 is 7.64. The molecule has 0 radical (unpaired) electrons. The Kier molecular flexibility index (Phi) is 3.42. The van der Waals surface area contributed by atoms with Crippen molar-refractivity contribution >= 4 is 5.82 Å². The Morgan fingerprint density at radius 3 is 2.59 bits per heavy atom. The van der Waals surface area contributed by atoms with E-state index in [0.29, 0.717) is 11.4 Å². The van der Waals surface area contributed by atoms with E-state index in [0.717, 1.165) is 10.1 Å². The molecule has 3 aromatic rings. The molecule has 112 valence electrons. The highest BCUT2D eigenvalue weighted by Crippen LogP contribution is 2.14. The number of nitrogen functional groups attached to an aromatic ring is 1. The summed E-state index contributed by atoms with van der Waals surface area (Å²) in [4.78, 5) is 24.8. The van der Waals surface area contributed by atoms with E-state index in [1.807, 2.05) is 25.1 Å². The SMILES string of the molecule is Cc1ccccc1-n1c(N)cc(=O)n(Cc2ccco2)c1=O. The van der Waals surface area contributed by atoms with Crippen LogP contribution in [0.3, 0.4) is 0 Å². The van der Waals surface area contributed by atoms with Gasteiger partial charge in [0.15, 0.2) is 0 Å². The maximum atomic E-state index is 12.7. The Bertz CT molecular complexity index is 921. The molecule has 2 heterocycles. The van der Waals surface area contributed by atoms with Crippen molar-refractivity contribution < 1.29 is 4.42 Å². The molecule has 2 aromatic heterocycles. The average Bonchev–Trinajstić information content (AvgIpc) is 2.98. The zero-order valence-electron chi connectivity index (χ0n) is 12.0. The summed E-state index contributed by atoms with van der Waals surface area (Å²) in [6.45, 7) is 1.94. The lowest BCUT2D eigenvalue weighted by atomic mass is 10.2. The fraction of sp³-hybridized carbons (Fsp3) is 0.125. The van der Waals surface area contributed by atoms with Crippen molar-refractivity contribution in [3.05, 3.63) is 80.9 Å². The minimum Gasteiger partial charge on any atom is -0.467 e. The summed E-state index contributed by atoms with van der Waals surface area (Å²) in [6.07, 6.45) is 1.50. The second-order valence-corrected chi connectivity index (χ2v) is 4.98. The van der Waals surface area contributed by atoms with E-state index in [9.17, 15) is 9.59 Å². The number of benzene rings is 1. The van der Waals surface area contributed by atoms with Crippen LogP contribution in [-0.2, 0) is 6.54 Å². The number of furan rings is 1. The van der Waals surface area contributed by atoms with Crippen LogP contribution in [0.1, 0.15) is 11.3 Å². The van der Waals surface area contributed by atoms with E-state index in [4.69, 9.17) is 10.2 Å². The topological polar surface area (TPSA) is 83.2 Å². The van der Waals surface area contributed by atoms with Gasteiger partial charge in [0.25, 0.3) is 5.56 Å². The Balaban J connectivity index is 2.22. The first-order valence-corrected chi connectivity index (χ1v) is 6.78. The smallest absolute Gasteiger partial charge is 0.337 e.